The molecule has 140 valence electrons. The van der Waals surface area contributed by atoms with E-state index in [4.69, 9.17) is 17.0 Å². The minimum Gasteiger partial charge on any atom is -0.490 e. The second kappa shape index (κ2) is 8.38. The van der Waals surface area contributed by atoms with Crippen LogP contribution in [0, 0.1) is 11.3 Å². The summed E-state index contributed by atoms with van der Waals surface area (Å²) in [5.41, 5.74) is 2.13. The molecule has 0 unspecified atom stereocenters. The van der Waals surface area contributed by atoms with Crippen LogP contribution < -0.4 is 15.4 Å². The molecule has 5 nitrogen and oxygen atoms in total. The predicted octanol–water partition coefficient (Wildman–Crippen LogP) is 4.78. The maximum Gasteiger partial charge on any atom is 0.261 e. The molecule has 2 aromatic rings. The first-order chi connectivity index (χ1) is 12.9. The summed E-state index contributed by atoms with van der Waals surface area (Å²) in [5, 5.41) is 16.0. The molecule has 0 saturated heterocycles. The van der Waals surface area contributed by atoms with Crippen molar-refractivity contribution in [2.75, 3.05) is 5.32 Å². The van der Waals surface area contributed by atoms with E-state index in [2.05, 4.69) is 32.6 Å². The topological polar surface area (TPSA) is 74.2 Å². The Balaban J connectivity index is 1.75. The van der Waals surface area contributed by atoms with Gasteiger partial charge in [-0.05, 0) is 69.1 Å². The number of thiophene rings is 1. The standard InChI is InChI=1S/C19H18BrN3O2S2/c1-10(2)25-15-7-6-11(20)8-13(15)17(24)22-19(26)23-18-14(9-21)12-4-3-5-16(12)27-18/h6-8,10H,3-5H2,1-2H3,(H2,22,23,24,26). The number of benzene rings is 1. The molecule has 27 heavy (non-hydrogen) atoms. The molecule has 0 radical (unpaired) electrons. The molecule has 0 fully saturated rings. The van der Waals surface area contributed by atoms with Gasteiger partial charge in [-0.2, -0.15) is 5.26 Å². The molecule has 0 saturated carbocycles. The monoisotopic (exact) mass is 463 g/mol. The van der Waals surface area contributed by atoms with Crippen molar-refractivity contribution in [3.05, 3.63) is 44.2 Å². The van der Waals surface area contributed by atoms with Crippen LogP contribution in [0.2, 0.25) is 0 Å². The molecule has 0 aliphatic heterocycles. The predicted molar refractivity (Wildman–Crippen MR) is 115 cm³/mol. The summed E-state index contributed by atoms with van der Waals surface area (Å²) in [7, 11) is 0. The van der Waals surface area contributed by atoms with Crippen LogP contribution in [-0.4, -0.2) is 17.1 Å². The van der Waals surface area contributed by atoms with Gasteiger partial charge < -0.3 is 10.1 Å². The number of thiocarbonyl (C=S) groups is 1. The van der Waals surface area contributed by atoms with Crippen molar-refractivity contribution in [3.63, 3.8) is 0 Å². The fraction of sp³-hybridized carbons (Fsp3) is 0.316. The molecule has 3 rings (SSSR count). The van der Waals surface area contributed by atoms with Crippen LogP contribution in [-0.2, 0) is 12.8 Å². The molecule has 0 spiro atoms. The first kappa shape index (κ1) is 19.8. The molecule has 0 atom stereocenters. The number of aryl methyl sites for hydroxylation is 1. The van der Waals surface area contributed by atoms with Gasteiger partial charge in [0, 0.05) is 9.35 Å². The zero-order valence-electron chi connectivity index (χ0n) is 14.9. The van der Waals surface area contributed by atoms with Crippen LogP contribution >= 0.6 is 39.5 Å². The summed E-state index contributed by atoms with van der Waals surface area (Å²) in [5.74, 6) is 0.119. The number of nitrogens with one attached hydrogen (secondary N) is 2. The summed E-state index contributed by atoms with van der Waals surface area (Å²) in [6, 6.07) is 7.50. The number of ether oxygens (including phenoxy) is 1. The number of fused-ring (bicyclic) bond motifs is 1. The zero-order chi connectivity index (χ0) is 19.6. The highest BCUT2D eigenvalue weighted by molar-refractivity contribution is 9.10. The quantitative estimate of drug-likeness (QED) is 0.637. The van der Waals surface area contributed by atoms with Crippen molar-refractivity contribution < 1.29 is 9.53 Å². The molecule has 1 aliphatic carbocycles. The summed E-state index contributed by atoms with van der Waals surface area (Å²) < 4.78 is 6.48. The zero-order valence-corrected chi connectivity index (χ0v) is 18.1. The largest absolute Gasteiger partial charge is 0.490 e. The number of carbonyl (C=O) groups is 1. The van der Waals surface area contributed by atoms with Gasteiger partial charge in [-0.3, -0.25) is 10.1 Å². The fourth-order valence-corrected chi connectivity index (χ4v) is 4.82. The highest BCUT2D eigenvalue weighted by Gasteiger charge is 2.23. The van der Waals surface area contributed by atoms with Gasteiger partial charge in [0.05, 0.1) is 17.2 Å². The normalized spacial score (nSPS) is 12.4. The van der Waals surface area contributed by atoms with Gasteiger partial charge >= 0.3 is 0 Å². The summed E-state index contributed by atoms with van der Waals surface area (Å²) in [6.07, 6.45) is 2.93. The Kier molecular flexibility index (Phi) is 6.15. The van der Waals surface area contributed by atoms with E-state index in [0.717, 1.165) is 29.3 Å². The van der Waals surface area contributed by atoms with E-state index in [1.165, 1.54) is 16.2 Å². The molecule has 1 aromatic heterocycles. The van der Waals surface area contributed by atoms with E-state index < -0.39 is 0 Å². The van der Waals surface area contributed by atoms with Crippen molar-refractivity contribution in [1.29, 1.82) is 5.26 Å². The first-order valence-corrected chi connectivity index (χ1v) is 10.5. The van der Waals surface area contributed by atoms with Crippen molar-refractivity contribution >= 4 is 55.5 Å². The third-order valence-corrected chi connectivity index (χ3v) is 5.94. The fourth-order valence-electron chi connectivity index (χ4n) is 2.95. The van der Waals surface area contributed by atoms with Crippen molar-refractivity contribution in [3.8, 4) is 11.8 Å². The van der Waals surface area contributed by atoms with Crippen LogP contribution in [0.25, 0.3) is 0 Å². The number of rotatable bonds is 4. The number of amides is 1. The van der Waals surface area contributed by atoms with Crippen molar-refractivity contribution in [1.82, 2.24) is 5.32 Å². The molecular formula is C19H18BrN3O2S2. The van der Waals surface area contributed by atoms with Gasteiger partial charge in [0.15, 0.2) is 5.11 Å². The van der Waals surface area contributed by atoms with Gasteiger partial charge in [-0.25, -0.2) is 0 Å². The van der Waals surface area contributed by atoms with Gasteiger partial charge in [0.25, 0.3) is 5.91 Å². The lowest BCUT2D eigenvalue weighted by Crippen LogP contribution is -2.34. The number of nitrogens with zero attached hydrogens (tertiary/aromatic N) is 1. The maximum absolute atomic E-state index is 12.7. The van der Waals surface area contributed by atoms with E-state index in [-0.39, 0.29) is 17.1 Å². The minimum atomic E-state index is -0.368. The summed E-state index contributed by atoms with van der Waals surface area (Å²) in [4.78, 5) is 13.9. The molecule has 1 amide bonds. The highest BCUT2D eigenvalue weighted by Crippen LogP contribution is 2.38. The number of halogens is 1. The number of carbonyl (C=O) groups excluding carboxylic acids is 1. The minimum absolute atomic E-state index is 0.0607. The van der Waals surface area contributed by atoms with E-state index >= 15 is 0 Å². The van der Waals surface area contributed by atoms with Crippen LogP contribution in [0.15, 0.2) is 22.7 Å². The average Bonchev–Trinajstić information content (AvgIpc) is 3.16. The molecule has 1 aliphatic rings. The SMILES string of the molecule is CC(C)Oc1ccc(Br)cc1C(=O)NC(=S)Nc1sc2c(c1C#N)CCC2. The Morgan fingerprint density at radius 2 is 2.19 bits per heavy atom. The molecule has 0 bridgehead atoms. The lowest BCUT2D eigenvalue weighted by atomic mass is 10.1. The van der Waals surface area contributed by atoms with E-state index in [1.54, 1.807) is 12.1 Å². The lowest BCUT2D eigenvalue weighted by Gasteiger charge is -2.15. The molecule has 1 heterocycles. The van der Waals surface area contributed by atoms with Gasteiger partial charge in [0.2, 0.25) is 0 Å². The average molecular weight is 464 g/mol. The van der Waals surface area contributed by atoms with Crippen LogP contribution in [0.5, 0.6) is 5.75 Å². The van der Waals surface area contributed by atoms with Crippen LogP contribution in [0.1, 0.15) is 46.6 Å². The van der Waals surface area contributed by atoms with Gasteiger partial charge in [0.1, 0.15) is 16.8 Å². The molecule has 8 heteroatoms. The third-order valence-electron chi connectivity index (χ3n) is 4.04. The Labute approximate surface area is 175 Å². The Morgan fingerprint density at radius 1 is 1.41 bits per heavy atom. The van der Waals surface area contributed by atoms with E-state index in [1.807, 2.05) is 19.9 Å². The third kappa shape index (κ3) is 4.49. The van der Waals surface area contributed by atoms with Crippen molar-refractivity contribution in [2.24, 2.45) is 0 Å². The van der Waals surface area contributed by atoms with Crippen molar-refractivity contribution in [2.45, 2.75) is 39.2 Å². The Bertz CT molecular complexity index is 947. The van der Waals surface area contributed by atoms with E-state index in [9.17, 15) is 10.1 Å². The molecule has 2 N–H and O–H groups in total. The van der Waals surface area contributed by atoms with Gasteiger partial charge in [-0.1, -0.05) is 15.9 Å². The van der Waals surface area contributed by atoms with Crippen LogP contribution in [0.4, 0.5) is 5.00 Å². The summed E-state index contributed by atoms with van der Waals surface area (Å²) >= 11 is 10.2. The maximum atomic E-state index is 12.7. The Morgan fingerprint density at radius 3 is 2.89 bits per heavy atom. The molecular weight excluding hydrogens is 446 g/mol. The van der Waals surface area contributed by atoms with Gasteiger partial charge in [-0.15, -0.1) is 11.3 Å². The lowest BCUT2D eigenvalue weighted by molar-refractivity contribution is 0.0972. The number of hydrogen-bond acceptors (Lipinski definition) is 5. The number of nitriles is 1. The Hall–Kier alpha value is -1.95. The van der Waals surface area contributed by atoms with Crippen LogP contribution in [0.3, 0.4) is 0 Å². The first-order valence-electron chi connectivity index (χ1n) is 8.52. The smallest absolute Gasteiger partial charge is 0.261 e. The summed E-state index contributed by atoms with van der Waals surface area (Å²) in [6.45, 7) is 3.80. The molecule has 1 aromatic carbocycles. The second-order valence-electron chi connectivity index (χ2n) is 6.39. The number of hydrogen-bond donors (Lipinski definition) is 2. The second-order valence-corrected chi connectivity index (χ2v) is 8.82. The highest BCUT2D eigenvalue weighted by atomic mass is 79.9. The number of anilines is 1. The van der Waals surface area contributed by atoms with E-state index in [0.29, 0.717) is 21.9 Å².